The van der Waals surface area contributed by atoms with Crippen molar-refractivity contribution in [2.75, 3.05) is 19.6 Å². The Morgan fingerprint density at radius 2 is 1.67 bits per heavy atom. The molecule has 1 amide bonds. The van der Waals surface area contributed by atoms with Crippen molar-refractivity contribution in [1.82, 2.24) is 4.90 Å². The molecular weight excluding hydrogens is 360 g/mol. The molecule has 144 valence electrons. The molecule has 5 heteroatoms. The molecular formula is C22H27ClN2O2. The highest BCUT2D eigenvalue weighted by molar-refractivity contribution is 5.98. The Bertz CT molecular complexity index is 762. The molecule has 0 aliphatic carbocycles. The van der Waals surface area contributed by atoms with Crippen LogP contribution in [0.5, 0.6) is 0 Å². The Kier molecular flexibility index (Phi) is 7.57. The number of ketones is 1. The summed E-state index contributed by atoms with van der Waals surface area (Å²) in [4.78, 5) is 26.8. The number of rotatable bonds is 6. The highest BCUT2D eigenvalue weighted by atomic mass is 35.5. The molecule has 0 aromatic heterocycles. The topological polar surface area (TPSA) is 63.4 Å². The first-order chi connectivity index (χ1) is 12.6. The third kappa shape index (κ3) is 5.18. The third-order valence-corrected chi connectivity index (χ3v) is 5.26. The van der Waals surface area contributed by atoms with Crippen molar-refractivity contribution in [3.63, 3.8) is 0 Å². The van der Waals surface area contributed by atoms with Crippen LogP contribution in [0.2, 0.25) is 0 Å². The van der Waals surface area contributed by atoms with E-state index in [0.29, 0.717) is 25.2 Å². The van der Waals surface area contributed by atoms with Crippen LogP contribution < -0.4 is 5.73 Å². The van der Waals surface area contributed by atoms with E-state index in [0.717, 1.165) is 5.56 Å². The van der Waals surface area contributed by atoms with Crippen molar-refractivity contribution >= 4 is 24.1 Å². The second-order valence-corrected chi connectivity index (χ2v) is 7.10. The van der Waals surface area contributed by atoms with Crippen LogP contribution in [0.1, 0.15) is 40.2 Å². The summed E-state index contributed by atoms with van der Waals surface area (Å²) in [6, 6.07) is 17.7. The first kappa shape index (κ1) is 21.1. The molecule has 1 saturated heterocycles. The van der Waals surface area contributed by atoms with Gasteiger partial charge in [-0.15, -0.1) is 12.4 Å². The minimum absolute atomic E-state index is 0. The summed E-state index contributed by atoms with van der Waals surface area (Å²) < 4.78 is 0. The predicted molar refractivity (Wildman–Crippen MR) is 110 cm³/mol. The summed E-state index contributed by atoms with van der Waals surface area (Å²) in [6.45, 7) is 3.91. The van der Waals surface area contributed by atoms with Crippen LogP contribution in [0.25, 0.3) is 0 Å². The smallest absolute Gasteiger partial charge is 0.223 e. The van der Waals surface area contributed by atoms with Crippen molar-refractivity contribution in [3.05, 3.63) is 71.3 Å². The van der Waals surface area contributed by atoms with Crippen molar-refractivity contribution in [1.29, 1.82) is 0 Å². The van der Waals surface area contributed by atoms with E-state index in [1.807, 2.05) is 54.3 Å². The Morgan fingerprint density at radius 3 is 2.30 bits per heavy atom. The molecule has 1 fully saturated rings. The lowest BCUT2D eigenvalue weighted by Crippen LogP contribution is -2.30. The molecule has 27 heavy (non-hydrogen) atoms. The van der Waals surface area contributed by atoms with Crippen LogP contribution in [0, 0.1) is 12.8 Å². The first-order valence-electron chi connectivity index (χ1n) is 9.21. The molecule has 0 spiro atoms. The summed E-state index contributed by atoms with van der Waals surface area (Å²) in [5, 5.41) is 0. The fraction of sp³-hybridized carbons (Fsp3) is 0.364. The van der Waals surface area contributed by atoms with Gasteiger partial charge >= 0.3 is 0 Å². The Hall–Kier alpha value is -2.17. The molecule has 2 aromatic carbocycles. The van der Waals surface area contributed by atoms with Gasteiger partial charge in [-0.3, -0.25) is 9.59 Å². The van der Waals surface area contributed by atoms with E-state index in [-0.39, 0.29) is 48.8 Å². The van der Waals surface area contributed by atoms with E-state index < -0.39 is 0 Å². The predicted octanol–water partition coefficient (Wildman–Crippen LogP) is 3.58. The van der Waals surface area contributed by atoms with Gasteiger partial charge in [-0.2, -0.15) is 0 Å². The first-order valence-corrected chi connectivity index (χ1v) is 9.21. The molecule has 0 bridgehead atoms. The summed E-state index contributed by atoms with van der Waals surface area (Å²) in [5.74, 6) is 0.613. The van der Waals surface area contributed by atoms with E-state index in [2.05, 4.69) is 12.1 Å². The number of carbonyl (C=O) groups is 2. The van der Waals surface area contributed by atoms with Crippen molar-refractivity contribution in [2.45, 2.75) is 25.7 Å². The molecule has 0 radical (unpaired) electrons. The molecule has 2 aromatic rings. The minimum Gasteiger partial charge on any atom is -0.342 e. The molecule has 0 saturated carbocycles. The standard InChI is InChI=1S/C22H26N2O2.ClH/c1-16-7-9-18(10-8-16)21(25)11-12-22(26)24-14-19(13-23)20(15-24)17-5-3-2-4-6-17;/h2-10,19-20H,11-15,23H2,1H3;1H/t19-,20+;/m1./s1. The monoisotopic (exact) mass is 386 g/mol. The SMILES string of the molecule is Cc1ccc(C(=O)CCC(=O)N2C[C@@H](CN)[C@H](c3ccccc3)C2)cc1.Cl. The molecule has 0 unspecified atom stereocenters. The summed E-state index contributed by atoms with van der Waals surface area (Å²) >= 11 is 0. The zero-order valence-electron chi connectivity index (χ0n) is 15.6. The number of amides is 1. The van der Waals surface area contributed by atoms with Crippen LogP contribution in [0.3, 0.4) is 0 Å². The maximum absolute atomic E-state index is 12.6. The van der Waals surface area contributed by atoms with Gasteiger partial charge in [0.25, 0.3) is 0 Å². The second-order valence-electron chi connectivity index (χ2n) is 7.10. The average molecular weight is 387 g/mol. The molecule has 1 aliphatic rings. The number of aryl methyl sites for hydroxylation is 1. The molecule has 2 atom stereocenters. The van der Waals surface area contributed by atoms with E-state index >= 15 is 0 Å². The maximum atomic E-state index is 12.6. The number of halogens is 1. The molecule has 3 rings (SSSR count). The van der Waals surface area contributed by atoms with E-state index in [9.17, 15) is 9.59 Å². The quantitative estimate of drug-likeness (QED) is 0.772. The highest BCUT2D eigenvalue weighted by Crippen LogP contribution is 2.32. The summed E-state index contributed by atoms with van der Waals surface area (Å²) in [6.07, 6.45) is 0.507. The summed E-state index contributed by atoms with van der Waals surface area (Å²) in [7, 11) is 0. The van der Waals surface area contributed by atoms with Crippen LogP contribution in [-0.2, 0) is 4.79 Å². The van der Waals surface area contributed by atoms with Crippen molar-refractivity contribution < 1.29 is 9.59 Å². The van der Waals surface area contributed by atoms with Gasteiger partial charge in [-0.05, 0) is 24.9 Å². The van der Waals surface area contributed by atoms with Gasteiger partial charge < -0.3 is 10.6 Å². The number of hydrogen-bond acceptors (Lipinski definition) is 3. The number of carbonyl (C=O) groups excluding carboxylic acids is 2. The number of benzene rings is 2. The fourth-order valence-electron chi connectivity index (χ4n) is 3.65. The third-order valence-electron chi connectivity index (χ3n) is 5.26. The minimum atomic E-state index is 0. The average Bonchev–Trinajstić information content (AvgIpc) is 3.11. The van der Waals surface area contributed by atoms with E-state index in [4.69, 9.17) is 5.73 Å². The van der Waals surface area contributed by atoms with Crippen molar-refractivity contribution in [3.8, 4) is 0 Å². The number of hydrogen-bond donors (Lipinski definition) is 1. The highest BCUT2D eigenvalue weighted by Gasteiger charge is 2.35. The van der Waals surface area contributed by atoms with E-state index in [1.165, 1.54) is 5.56 Å². The fourth-order valence-corrected chi connectivity index (χ4v) is 3.65. The van der Waals surface area contributed by atoms with Crippen LogP contribution in [-0.4, -0.2) is 36.2 Å². The van der Waals surface area contributed by atoms with Gasteiger partial charge in [0.2, 0.25) is 5.91 Å². The van der Waals surface area contributed by atoms with Crippen molar-refractivity contribution in [2.24, 2.45) is 11.7 Å². The number of nitrogens with two attached hydrogens (primary N) is 1. The van der Waals surface area contributed by atoms with Crippen LogP contribution >= 0.6 is 12.4 Å². The molecule has 4 nitrogen and oxygen atoms in total. The normalized spacial score (nSPS) is 18.8. The lowest BCUT2D eigenvalue weighted by atomic mass is 9.89. The van der Waals surface area contributed by atoms with Gasteiger partial charge in [0.1, 0.15) is 0 Å². The summed E-state index contributed by atoms with van der Waals surface area (Å²) in [5.41, 5.74) is 8.97. The van der Waals surface area contributed by atoms with Gasteiger partial charge in [0, 0.05) is 37.4 Å². The Balaban J connectivity index is 0.00000261. The zero-order valence-corrected chi connectivity index (χ0v) is 16.5. The van der Waals surface area contributed by atoms with Crippen LogP contribution in [0.15, 0.2) is 54.6 Å². The Labute approximate surface area is 167 Å². The molecule has 1 aliphatic heterocycles. The number of nitrogens with zero attached hydrogens (tertiary/aromatic N) is 1. The Morgan fingerprint density at radius 1 is 1.00 bits per heavy atom. The lowest BCUT2D eigenvalue weighted by Gasteiger charge is -2.16. The van der Waals surface area contributed by atoms with Gasteiger partial charge in [-0.1, -0.05) is 60.2 Å². The van der Waals surface area contributed by atoms with Crippen LogP contribution in [0.4, 0.5) is 0 Å². The number of Topliss-reactive ketones (excluding diaryl/α,β-unsaturated/α-hetero) is 1. The van der Waals surface area contributed by atoms with Gasteiger partial charge in [-0.25, -0.2) is 0 Å². The molecule has 1 heterocycles. The largest absolute Gasteiger partial charge is 0.342 e. The van der Waals surface area contributed by atoms with Gasteiger partial charge in [0.15, 0.2) is 5.78 Å². The zero-order chi connectivity index (χ0) is 18.5. The molecule has 2 N–H and O–H groups in total. The number of likely N-dealkylation sites (tertiary alicyclic amines) is 1. The maximum Gasteiger partial charge on any atom is 0.223 e. The van der Waals surface area contributed by atoms with E-state index in [1.54, 1.807) is 0 Å². The lowest BCUT2D eigenvalue weighted by molar-refractivity contribution is -0.130. The second kappa shape index (κ2) is 9.67. The van der Waals surface area contributed by atoms with Gasteiger partial charge in [0.05, 0.1) is 0 Å².